The van der Waals surface area contributed by atoms with E-state index in [2.05, 4.69) is 26.6 Å². The van der Waals surface area contributed by atoms with Gasteiger partial charge in [0, 0.05) is 25.8 Å². The number of nitrogens with one attached hydrogen (secondary N) is 2. The molecule has 1 saturated carbocycles. The molecule has 6 nitrogen and oxygen atoms in total. The second-order valence-electron chi connectivity index (χ2n) is 6.53. The van der Waals surface area contributed by atoms with Crippen LogP contribution in [0, 0.1) is 23.2 Å². The molecular weight excluding hydrogens is 290 g/mol. The molecule has 1 saturated heterocycles. The Morgan fingerprint density at radius 3 is 3.00 bits per heavy atom. The minimum absolute atomic E-state index is 0.141. The van der Waals surface area contributed by atoms with E-state index in [1.807, 2.05) is 0 Å². The van der Waals surface area contributed by atoms with E-state index in [1.165, 1.54) is 12.8 Å². The zero-order valence-corrected chi connectivity index (χ0v) is 13.3. The molecule has 1 aromatic rings. The molecule has 1 aliphatic carbocycles. The van der Waals surface area contributed by atoms with Gasteiger partial charge in [-0.05, 0) is 49.8 Å². The van der Waals surface area contributed by atoms with Gasteiger partial charge in [-0.15, -0.1) is 0 Å². The lowest BCUT2D eigenvalue weighted by Gasteiger charge is -2.16. The molecule has 0 bridgehead atoms. The molecule has 2 N–H and O–H groups in total. The number of hydrogen-bond acceptors (Lipinski definition) is 5. The first-order valence-corrected chi connectivity index (χ1v) is 8.32. The van der Waals surface area contributed by atoms with Crippen LogP contribution in [0.4, 0.5) is 5.82 Å². The number of nitriles is 1. The van der Waals surface area contributed by atoms with Gasteiger partial charge in [0.15, 0.2) is 0 Å². The predicted octanol–water partition coefficient (Wildman–Crippen LogP) is 1.21. The quantitative estimate of drug-likeness (QED) is 0.791. The fourth-order valence-corrected chi connectivity index (χ4v) is 2.94. The highest BCUT2D eigenvalue weighted by molar-refractivity contribution is 5.78. The van der Waals surface area contributed by atoms with Crippen LogP contribution in [0.3, 0.4) is 0 Å². The van der Waals surface area contributed by atoms with Crippen LogP contribution in [0.2, 0.25) is 0 Å². The Morgan fingerprint density at radius 2 is 2.22 bits per heavy atom. The second kappa shape index (κ2) is 7.42. The monoisotopic (exact) mass is 313 g/mol. The van der Waals surface area contributed by atoms with Crippen molar-refractivity contribution in [3.05, 3.63) is 23.9 Å². The van der Waals surface area contributed by atoms with Gasteiger partial charge in [0.2, 0.25) is 5.91 Å². The van der Waals surface area contributed by atoms with Crippen molar-refractivity contribution < 1.29 is 4.79 Å². The van der Waals surface area contributed by atoms with Crippen LogP contribution in [-0.4, -0.2) is 48.5 Å². The van der Waals surface area contributed by atoms with E-state index in [4.69, 9.17) is 5.26 Å². The van der Waals surface area contributed by atoms with Crippen molar-refractivity contribution in [2.24, 2.45) is 11.8 Å². The number of carbonyl (C=O) groups excluding carboxylic acids is 1. The molecule has 0 aromatic carbocycles. The minimum Gasteiger partial charge on any atom is -0.369 e. The van der Waals surface area contributed by atoms with Crippen LogP contribution < -0.4 is 10.6 Å². The molecule has 1 atom stereocenters. The lowest BCUT2D eigenvalue weighted by molar-refractivity contribution is -0.122. The number of nitrogens with zero attached hydrogens (tertiary/aromatic N) is 3. The van der Waals surface area contributed by atoms with Crippen LogP contribution in [0.1, 0.15) is 24.8 Å². The molecule has 2 heterocycles. The van der Waals surface area contributed by atoms with E-state index in [-0.39, 0.29) is 5.91 Å². The number of anilines is 1. The van der Waals surface area contributed by atoms with Gasteiger partial charge in [-0.1, -0.05) is 0 Å². The van der Waals surface area contributed by atoms with Gasteiger partial charge < -0.3 is 10.6 Å². The summed E-state index contributed by atoms with van der Waals surface area (Å²) in [7, 11) is 0. The molecule has 0 radical (unpaired) electrons. The number of amides is 1. The molecule has 2 aliphatic rings. The average molecular weight is 313 g/mol. The zero-order chi connectivity index (χ0) is 16.1. The van der Waals surface area contributed by atoms with Gasteiger partial charge in [0.25, 0.3) is 0 Å². The van der Waals surface area contributed by atoms with E-state index in [0.717, 1.165) is 38.5 Å². The molecule has 1 amide bonds. The van der Waals surface area contributed by atoms with Gasteiger partial charge >= 0.3 is 0 Å². The first-order valence-electron chi connectivity index (χ1n) is 8.32. The van der Waals surface area contributed by atoms with Crippen molar-refractivity contribution in [1.82, 2.24) is 15.2 Å². The summed E-state index contributed by atoms with van der Waals surface area (Å²) in [5.41, 5.74) is 0.571. The Bertz CT molecular complexity index is 593. The molecule has 2 fully saturated rings. The number of pyridine rings is 1. The maximum Gasteiger partial charge on any atom is 0.234 e. The molecule has 6 heteroatoms. The number of hydrogen-bond donors (Lipinski definition) is 2. The van der Waals surface area contributed by atoms with Gasteiger partial charge in [-0.25, -0.2) is 4.98 Å². The van der Waals surface area contributed by atoms with E-state index >= 15 is 0 Å². The topological polar surface area (TPSA) is 81.1 Å². The van der Waals surface area contributed by atoms with E-state index in [0.29, 0.717) is 23.8 Å². The Balaban J connectivity index is 1.39. The summed E-state index contributed by atoms with van der Waals surface area (Å²) in [5.74, 6) is 2.00. The number of rotatable bonds is 7. The zero-order valence-electron chi connectivity index (χ0n) is 13.3. The molecule has 0 spiro atoms. The Kier molecular flexibility index (Phi) is 5.09. The Morgan fingerprint density at radius 1 is 1.35 bits per heavy atom. The summed E-state index contributed by atoms with van der Waals surface area (Å²) in [5, 5.41) is 15.3. The van der Waals surface area contributed by atoms with Crippen molar-refractivity contribution in [2.45, 2.75) is 19.3 Å². The average Bonchev–Trinajstić information content (AvgIpc) is 3.30. The summed E-state index contributed by atoms with van der Waals surface area (Å²) in [6.45, 7) is 3.99. The van der Waals surface area contributed by atoms with Crippen LogP contribution >= 0.6 is 0 Å². The summed E-state index contributed by atoms with van der Waals surface area (Å²) < 4.78 is 0. The second-order valence-corrected chi connectivity index (χ2v) is 6.53. The maximum atomic E-state index is 11.9. The largest absolute Gasteiger partial charge is 0.369 e. The molecule has 3 rings (SSSR count). The Labute approximate surface area is 136 Å². The smallest absolute Gasteiger partial charge is 0.234 e. The number of likely N-dealkylation sites (tertiary alicyclic amines) is 1. The highest BCUT2D eigenvalue weighted by Crippen LogP contribution is 2.27. The van der Waals surface area contributed by atoms with Crippen LogP contribution in [0.25, 0.3) is 0 Å². The van der Waals surface area contributed by atoms with Crippen LogP contribution in [-0.2, 0) is 4.79 Å². The number of aromatic nitrogens is 1. The summed E-state index contributed by atoms with van der Waals surface area (Å²) in [6.07, 6.45) is 5.28. The SMILES string of the molecule is N#Cc1cccnc1NC[C@@H]1CCN(CC(=O)NCC2CC2)C1. The molecule has 0 unspecified atom stereocenters. The van der Waals surface area contributed by atoms with Gasteiger partial charge in [-0.2, -0.15) is 5.26 Å². The fourth-order valence-electron chi connectivity index (χ4n) is 2.94. The van der Waals surface area contributed by atoms with Crippen molar-refractivity contribution in [3.8, 4) is 6.07 Å². The Hall–Kier alpha value is -2.13. The van der Waals surface area contributed by atoms with Crippen LogP contribution in [0.15, 0.2) is 18.3 Å². The first-order chi connectivity index (χ1) is 11.2. The predicted molar refractivity (Wildman–Crippen MR) is 87.7 cm³/mol. The first kappa shape index (κ1) is 15.8. The summed E-state index contributed by atoms with van der Waals surface area (Å²) in [6, 6.07) is 5.68. The van der Waals surface area contributed by atoms with Gasteiger partial charge in [-0.3, -0.25) is 9.69 Å². The third kappa shape index (κ3) is 4.67. The lowest BCUT2D eigenvalue weighted by atomic mass is 10.1. The molecule has 122 valence electrons. The molecular formula is C17H23N5O. The summed E-state index contributed by atoms with van der Waals surface area (Å²) >= 11 is 0. The lowest BCUT2D eigenvalue weighted by Crippen LogP contribution is -2.37. The minimum atomic E-state index is 0.141. The van der Waals surface area contributed by atoms with Crippen molar-refractivity contribution in [2.75, 3.05) is 38.0 Å². The van der Waals surface area contributed by atoms with Crippen molar-refractivity contribution in [3.63, 3.8) is 0 Å². The normalized spacial score (nSPS) is 20.9. The van der Waals surface area contributed by atoms with Gasteiger partial charge in [0.05, 0.1) is 12.1 Å². The van der Waals surface area contributed by atoms with Crippen LogP contribution in [0.5, 0.6) is 0 Å². The number of carbonyl (C=O) groups is 1. The van der Waals surface area contributed by atoms with E-state index < -0.39 is 0 Å². The fraction of sp³-hybridized carbons (Fsp3) is 0.588. The summed E-state index contributed by atoms with van der Waals surface area (Å²) in [4.78, 5) is 18.3. The van der Waals surface area contributed by atoms with Gasteiger partial charge in [0.1, 0.15) is 11.9 Å². The molecule has 23 heavy (non-hydrogen) atoms. The third-order valence-corrected chi connectivity index (χ3v) is 4.51. The van der Waals surface area contributed by atoms with E-state index in [9.17, 15) is 4.79 Å². The maximum absolute atomic E-state index is 11.9. The molecule has 1 aliphatic heterocycles. The highest BCUT2D eigenvalue weighted by atomic mass is 16.2. The standard InChI is InChI=1S/C17H23N5O/c18-8-15-2-1-6-19-17(15)21-10-14-5-7-22(11-14)12-16(23)20-9-13-3-4-13/h1-2,6,13-14H,3-5,7,9-12H2,(H,19,21)(H,20,23)/t14-/m0/s1. The van der Waals surface area contributed by atoms with Crippen molar-refractivity contribution in [1.29, 1.82) is 5.26 Å². The highest BCUT2D eigenvalue weighted by Gasteiger charge is 2.25. The molecule has 1 aromatic heterocycles. The third-order valence-electron chi connectivity index (χ3n) is 4.51. The van der Waals surface area contributed by atoms with Crippen molar-refractivity contribution >= 4 is 11.7 Å². The van der Waals surface area contributed by atoms with E-state index in [1.54, 1.807) is 18.3 Å².